The second-order valence-corrected chi connectivity index (χ2v) is 6.17. The average Bonchev–Trinajstić information content (AvgIpc) is 3.13. The van der Waals surface area contributed by atoms with Crippen LogP contribution in [0, 0.1) is 5.92 Å². The number of esters is 1. The molecule has 0 radical (unpaired) electrons. The van der Waals surface area contributed by atoms with Gasteiger partial charge in [-0.2, -0.15) is 0 Å². The van der Waals surface area contributed by atoms with Crippen molar-refractivity contribution in [2.45, 2.75) is 31.5 Å². The molecule has 0 bridgehead atoms. The first-order chi connectivity index (χ1) is 10.7. The maximum Gasteiger partial charge on any atom is 0.324 e. The predicted octanol–water partition coefficient (Wildman–Crippen LogP) is 3.07. The Morgan fingerprint density at radius 2 is 2.09 bits per heavy atom. The quantitative estimate of drug-likeness (QED) is 0.870. The van der Waals surface area contributed by atoms with Gasteiger partial charge in [0.05, 0.1) is 0 Å². The average molecular weight is 293 g/mol. The molecule has 112 valence electrons. The Balaban J connectivity index is 1.55. The highest BCUT2D eigenvalue weighted by atomic mass is 16.6. The largest absolute Gasteiger partial charge is 0.456 e. The highest BCUT2D eigenvalue weighted by Gasteiger charge is 2.48. The Labute approximate surface area is 130 Å². The van der Waals surface area contributed by atoms with Gasteiger partial charge in [0, 0.05) is 12.0 Å². The van der Waals surface area contributed by atoms with E-state index in [4.69, 9.17) is 4.74 Å². The smallest absolute Gasteiger partial charge is 0.324 e. The van der Waals surface area contributed by atoms with Gasteiger partial charge in [-0.05, 0) is 30.1 Å². The monoisotopic (exact) mass is 293 g/mol. The number of allylic oxidation sites excluding steroid dienone is 4. The van der Waals surface area contributed by atoms with E-state index in [1.807, 2.05) is 24.3 Å². The molecule has 1 N–H and O–H groups in total. The van der Waals surface area contributed by atoms with Crippen molar-refractivity contribution >= 4 is 5.97 Å². The summed E-state index contributed by atoms with van der Waals surface area (Å²) in [5.74, 6) is 0.0637. The summed E-state index contributed by atoms with van der Waals surface area (Å²) in [4.78, 5) is 12.3. The van der Waals surface area contributed by atoms with Gasteiger partial charge in [-0.3, -0.25) is 10.1 Å². The summed E-state index contributed by atoms with van der Waals surface area (Å²) < 4.78 is 5.68. The number of carbonyl (C=O) groups excluding carboxylic acids is 1. The van der Waals surface area contributed by atoms with Gasteiger partial charge >= 0.3 is 5.97 Å². The molecule has 3 heteroatoms. The van der Waals surface area contributed by atoms with Crippen LogP contribution < -0.4 is 5.32 Å². The van der Waals surface area contributed by atoms with E-state index >= 15 is 0 Å². The SMILES string of the molecule is C[C@@H](N[C@H]1C(=O)O[C@@H]2C3=CC=CC3=CC[C@@H]21)c1ccccc1. The number of rotatable bonds is 3. The Morgan fingerprint density at radius 3 is 2.91 bits per heavy atom. The lowest BCUT2D eigenvalue weighted by Gasteiger charge is -2.27. The van der Waals surface area contributed by atoms with Gasteiger partial charge in [0.2, 0.25) is 0 Å². The molecular weight excluding hydrogens is 274 g/mol. The maximum atomic E-state index is 12.3. The van der Waals surface area contributed by atoms with Crippen LogP contribution in [0.25, 0.3) is 0 Å². The highest BCUT2D eigenvalue weighted by Crippen LogP contribution is 2.41. The molecule has 1 heterocycles. The van der Waals surface area contributed by atoms with Crippen molar-refractivity contribution in [3.8, 4) is 0 Å². The minimum absolute atomic E-state index is 0.0945. The molecule has 1 aliphatic heterocycles. The van der Waals surface area contributed by atoms with Crippen molar-refractivity contribution in [3.63, 3.8) is 0 Å². The first-order valence-corrected chi connectivity index (χ1v) is 7.84. The van der Waals surface area contributed by atoms with Gasteiger partial charge in [0.15, 0.2) is 0 Å². The number of carbonyl (C=O) groups is 1. The molecule has 1 saturated heterocycles. The maximum absolute atomic E-state index is 12.3. The first kappa shape index (κ1) is 13.5. The van der Waals surface area contributed by atoms with Crippen LogP contribution in [0.5, 0.6) is 0 Å². The molecule has 0 unspecified atom stereocenters. The molecule has 0 amide bonds. The number of hydrogen-bond acceptors (Lipinski definition) is 3. The molecule has 4 atom stereocenters. The fraction of sp³-hybridized carbons (Fsp3) is 0.316. The standard InChI is InChI=1S/C19H19NO2/c1-12(13-6-3-2-4-7-13)20-17-16-11-10-14-8-5-9-15(14)18(16)22-19(17)21/h2-10,12,16-18,20H,11H2,1H3/t12-,16-,17-,18-/m1/s1. The van der Waals surface area contributed by atoms with Crippen molar-refractivity contribution in [2.24, 2.45) is 5.92 Å². The molecular formula is C19H19NO2. The van der Waals surface area contributed by atoms with E-state index in [2.05, 4.69) is 42.6 Å². The van der Waals surface area contributed by atoms with Crippen LogP contribution >= 0.6 is 0 Å². The zero-order valence-electron chi connectivity index (χ0n) is 12.5. The number of nitrogens with one attached hydrogen (secondary N) is 1. The van der Waals surface area contributed by atoms with Crippen LogP contribution in [0.3, 0.4) is 0 Å². The van der Waals surface area contributed by atoms with Crippen molar-refractivity contribution in [1.29, 1.82) is 0 Å². The lowest BCUT2D eigenvalue weighted by atomic mass is 9.81. The minimum Gasteiger partial charge on any atom is -0.456 e. The number of benzene rings is 1. The summed E-state index contributed by atoms with van der Waals surface area (Å²) in [6, 6.07) is 10.1. The molecule has 4 rings (SSSR count). The summed E-state index contributed by atoms with van der Waals surface area (Å²) >= 11 is 0. The van der Waals surface area contributed by atoms with E-state index in [1.54, 1.807) is 0 Å². The second kappa shape index (κ2) is 5.25. The summed E-state index contributed by atoms with van der Waals surface area (Å²) in [6.45, 7) is 2.09. The first-order valence-electron chi connectivity index (χ1n) is 7.84. The van der Waals surface area contributed by atoms with Crippen molar-refractivity contribution < 1.29 is 9.53 Å². The summed E-state index contributed by atoms with van der Waals surface area (Å²) in [5.41, 5.74) is 3.56. The van der Waals surface area contributed by atoms with Gasteiger partial charge in [-0.15, -0.1) is 0 Å². The zero-order chi connectivity index (χ0) is 15.1. The third-order valence-corrected chi connectivity index (χ3v) is 4.84. The van der Waals surface area contributed by atoms with Gasteiger partial charge < -0.3 is 4.74 Å². The molecule has 0 saturated carbocycles. The van der Waals surface area contributed by atoms with Crippen molar-refractivity contribution in [1.82, 2.24) is 5.32 Å². The zero-order valence-corrected chi connectivity index (χ0v) is 12.5. The van der Waals surface area contributed by atoms with Crippen LogP contribution in [0.4, 0.5) is 0 Å². The van der Waals surface area contributed by atoms with Crippen molar-refractivity contribution in [3.05, 3.63) is 71.3 Å². The van der Waals surface area contributed by atoms with Gasteiger partial charge in [0.1, 0.15) is 12.1 Å². The number of fused-ring (bicyclic) bond motifs is 3. The van der Waals surface area contributed by atoms with E-state index in [0.717, 1.165) is 12.0 Å². The van der Waals surface area contributed by atoms with E-state index in [0.29, 0.717) is 0 Å². The van der Waals surface area contributed by atoms with Crippen LogP contribution in [0.15, 0.2) is 65.8 Å². The summed E-state index contributed by atoms with van der Waals surface area (Å²) in [6.07, 6.45) is 9.20. The van der Waals surface area contributed by atoms with E-state index in [9.17, 15) is 4.79 Å². The molecule has 1 fully saturated rings. The van der Waals surface area contributed by atoms with E-state index in [1.165, 1.54) is 11.1 Å². The number of ether oxygens (including phenoxy) is 1. The molecule has 3 nitrogen and oxygen atoms in total. The minimum atomic E-state index is -0.237. The fourth-order valence-corrected chi connectivity index (χ4v) is 3.64. The third-order valence-electron chi connectivity index (χ3n) is 4.84. The Kier molecular flexibility index (Phi) is 3.23. The van der Waals surface area contributed by atoms with Gasteiger partial charge in [-0.1, -0.05) is 54.6 Å². The third kappa shape index (κ3) is 2.13. The summed E-state index contributed by atoms with van der Waals surface area (Å²) in [7, 11) is 0. The Hall–Kier alpha value is -2.13. The van der Waals surface area contributed by atoms with Crippen molar-refractivity contribution in [2.75, 3.05) is 0 Å². The molecule has 1 aromatic carbocycles. The Morgan fingerprint density at radius 1 is 1.27 bits per heavy atom. The van der Waals surface area contributed by atoms with E-state index < -0.39 is 0 Å². The second-order valence-electron chi connectivity index (χ2n) is 6.17. The summed E-state index contributed by atoms with van der Waals surface area (Å²) in [5, 5.41) is 3.47. The Bertz CT molecular complexity index is 687. The molecule has 3 aliphatic rings. The van der Waals surface area contributed by atoms with Crippen LogP contribution in [0.2, 0.25) is 0 Å². The lowest BCUT2D eigenvalue weighted by Crippen LogP contribution is -2.41. The molecule has 1 aromatic rings. The fourth-order valence-electron chi connectivity index (χ4n) is 3.64. The van der Waals surface area contributed by atoms with Crippen LogP contribution in [-0.4, -0.2) is 18.1 Å². The molecule has 0 aromatic heterocycles. The van der Waals surface area contributed by atoms with Gasteiger partial charge in [-0.25, -0.2) is 0 Å². The van der Waals surface area contributed by atoms with E-state index in [-0.39, 0.29) is 30.1 Å². The molecule has 22 heavy (non-hydrogen) atoms. The number of hydrogen-bond donors (Lipinski definition) is 1. The van der Waals surface area contributed by atoms with Crippen LogP contribution in [-0.2, 0) is 9.53 Å². The van der Waals surface area contributed by atoms with Gasteiger partial charge in [0.25, 0.3) is 0 Å². The highest BCUT2D eigenvalue weighted by molar-refractivity contribution is 5.80. The lowest BCUT2D eigenvalue weighted by molar-refractivity contribution is -0.142. The predicted molar refractivity (Wildman–Crippen MR) is 85.1 cm³/mol. The molecule has 2 aliphatic carbocycles. The normalized spacial score (nSPS) is 30.2. The topological polar surface area (TPSA) is 38.3 Å². The van der Waals surface area contributed by atoms with Crippen LogP contribution in [0.1, 0.15) is 24.9 Å². The molecule has 0 spiro atoms.